The molecule has 0 aliphatic heterocycles. The summed E-state index contributed by atoms with van der Waals surface area (Å²) in [6, 6.07) is 1.85. The molecule has 8 nitrogen and oxygen atoms in total. The first-order chi connectivity index (χ1) is 11.3. The van der Waals surface area contributed by atoms with Crippen molar-refractivity contribution in [2.45, 2.75) is 52.7 Å². The summed E-state index contributed by atoms with van der Waals surface area (Å²) in [4.78, 5) is 22.6. The zero-order valence-corrected chi connectivity index (χ0v) is 15.5. The fourth-order valence-corrected chi connectivity index (χ4v) is 1.85. The third kappa shape index (κ3) is 5.47. The van der Waals surface area contributed by atoms with Crippen LogP contribution in [0.1, 0.15) is 41.5 Å². The summed E-state index contributed by atoms with van der Waals surface area (Å²) in [6.45, 7) is 10.4. The number of carbonyl (C=O) groups is 1. The van der Waals surface area contributed by atoms with Gasteiger partial charge in [-0.05, 0) is 41.5 Å². The summed E-state index contributed by atoms with van der Waals surface area (Å²) in [5, 5.41) is 12.1. The quantitative estimate of drug-likeness (QED) is 0.644. The zero-order valence-electron chi connectivity index (χ0n) is 15.5. The number of amides is 1. The molecule has 0 heterocycles. The maximum absolute atomic E-state index is 13.8. The van der Waals surface area contributed by atoms with Crippen molar-refractivity contribution in [3.05, 3.63) is 28.1 Å². The average molecular weight is 357 g/mol. The van der Waals surface area contributed by atoms with Gasteiger partial charge in [-0.1, -0.05) is 0 Å². The highest BCUT2D eigenvalue weighted by molar-refractivity contribution is 5.73. The first-order valence-electron chi connectivity index (χ1n) is 7.58. The van der Waals surface area contributed by atoms with E-state index in [1.165, 1.54) is 7.11 Å². The molecule has 1 aromatic carbocycles. The molecule has 1 rings (SSSR count). The molecule has 0 atom stereocenters. The van der Waals surface area contributed by atoms with Crippen LogP contribution < -0.4 is 10.2 Å². The Bertz CT molecular complexity index is 665. The molecule has 0 saturated heterocycles. The Labute approximate surface area is 146 Å². The fraction of sp³-hybridized carbons (Fsp3) is 0.562. The molecule has 0 fully saturated rings. The average Bonchev–Trinajstić information content (AvgIpc) is 2.41. The molecule has 0 radical (unpaired) electrons. The van der Waals surface area contributed by atoms with Crippen LogP contribution in [0.25, 0.3) is 0 Å². The third-order valence-corrected chi connectivity index (χ3v) is 2.94. The predicted molar refractivity (Wildman–Crippen MR) is 91.1 cm³/mol. The lowest BCUT2D eigenvalue weighted by atomic mass is 10.1. The monoisotopic (exact) mass is 357 g/mol. The lowest BCUT2D eigenvalue weighted by Crippen LogP contribution is -2.51. The van der Waals surface area contributed by atoms with E-state index < -0.39 is 33.7 Å². The van der Waals surface area contributed by atoms with Crippen LogP contribution in [-0.4, -0.2) is 34.3 Å². The fourth-order valence-electron chi connectivity index (χ4n) is 1.85. The van der Waals surface area contributed by atoms with Crippen LogP contribution in [0.5, 0.6) is 5.75 Å². The van der Waals surface area contributed by atoms with Gasteiger partial charge >= 0.3 is 11.8 Å². The van der Waals surface area contributed by atoms with Crippen LogP contribution in [0.2, 0.25) is 0 Å². The highest BCUT2D eigenvalue weighted by atomic mass is 19.1. The van der Waals surface area contributed by atoms with E-state index in [0.29, 0.717) is 0 Å². The smallest absolute Gasteiger partial charge is 0.429 e. The molecule has 0 saturated carbocycles. The Kier molecular flexibility index (Phi) is 5.83. The number of nitro groups is 1. The molecule has 140 valence electrons. The standard InChI is InChI=1S/C16H24FN3O5/c1-15(2,3)19(14(21)25-16(4,5)6)18-11-9-12(20(22)23)10(17)8-13(11)24-7/h8-9,18H,1-7H3. The van der Waals surface area contributed by atoms with Gasteiger partial charge in [0.1, 0.15) is 17.0 Å². The van der Waals surface area contributed by atoms with Gasteiger partial charge in [-0.15, -0.1) is 0 Å². The van der Waals surface area contributed by atoms with Crippen LogP contribution >= 0.6 is 0 Å². The molecule has 1 amide bonds. The van der Waals surface area contributed by atoms with Crippen molar-refractivity contribution in [1.29, 1.82) is 0 Å². The molecule has 0 bridgehead atoms. The Morgan fingerprint density at radius 3 is 2.20 bits per heavy atom. The van der Waals surface area contributed by atoms with Crippen molar-refractivity contribution in [3.8, 4) is 5.75 Å². The van der Waals surface area contributed by atoms with Gasteiger partial charge in [0.25, 0.3) is 0 Å². The Morgan fingerprint density at radius 1 is 1.24 bits per heavy atom. The number of nitrogens with zero attached hydrogens (tertiary/aromatic N) is 2. The number of nitro benzene ring substituents is 1. The SMILES string of the molecule is COc1cc(F)c([N+](=O)[O-])cc1NN(C(=O)OC(C)(C)C)C(C)(C)C. The van der Waals surface area contributed by atoms with Crippen molar-refractivity contribution in [2.75, 3.05) is 12.5 Å². The van der Waals surface area contributed by atoms with E-state index in [1.54, 1.807) is 41.5 Å². The van der Waals surface area contributed by atoms with Crippen LogP contribution in [0.3, 0.4) is 0 Å². The lowest BCUT2D eigenvalue weighted by Gasteiger charge is -2.37. The van der Waals surface area contributed by atoms with Crippen molar-refractivity contribution in [2.24, 2.45) is 0 Å². The summed E-state index contributed by atoms with van der Waals surface area (Å²) in [5.41, 5.74) is 0.603. The molecular formula is C16H24FN3O5. The molecule has 0 aliphatic carbocycles. The highest BCUT2D eigenvalue weighted by Crippen LogP contribution is 2.33. The minimum absolute atomic E-state index is 0.0147. The summed E-state index contributed by atoms with van der Waals surface area (Å²) in [7, 11) is 1.29. The Morgan fingerprint density at radius 2 is 1.80 bits per heavy atom. The first-order valence-corrected chi connectivity index (χ1v) is 7.58. The van der Waals surface area contributed by atoms with Crippen molar-refractivity contribution < 1.29 is 23.6 Å². The number of hydrogen-bond acceptors (Lipinski definition) is 6. The van der Waals surface area contributed by atoms with Gasteiger partial charge in [0.05, 0.1) is 17.6 Å². The van der Waals surface area contributed by atoms with Gasteiger partial charge in [0.15, 0.2) is 0 Å². The van der Waals surface area contributed by atoms with Gasteiger partial charge in [-0.3, -0.25) is 15.5 Å². The van der Waals surface area contributed by atoms with Crippen LogP contribution in [-0.2, 0) is 4.74 Å². The summed E-state index contributed by atoms with van der Waals surface area (Å²) < 4.78 is 24.2. The molecule has 0 spiro atoms. The van der Waals surface area contributed by atoms with Crippen LogP contribution in [0.15, 0.2) is 12.1 Å². The van der Waals surface area contributed by atoms with Gasteiger partial charge in [0, 0.05) is 12.1 Å². The first kappa shape index (κ1) is 20.5. The second kappa shape index (κ2) is 7.12. The van der Waals surface area contributed by atoms with Gasteiger partial charge in [-0.25, -0.2) is 9.80 Å². The number of nitrogens with one attached hydrogen (secondary N) is 1. The molecule has 0 unspecified atom stereocenters. The third-order valence-electron chi connectivity index (χ3n) is 2.94. The minimum Gasteiger partial charge on any atom is -0.494 e. The number of hydrogen-bond donors (Lipinski definition) is 1. The maximum atomic E-state index is 13.8. The maximum Gasteiger partial charge on any atom is 0.429 e. The summed E-state index contributed by atoms with van der Waals surface area (Å²) in [6.07, 6.45) is -0.686. The predicted octanol–water partition coefficient (Wildman–Crippen LogP) is 4.11. The summed E-state index contributed by atoms with van der Waals surface area (Å²) >= 11 is 0. The number of hydrazine groups is 1. The largest absolute Gasteiger partial charge is 0.494 e. The molecule has 25 heavy (non-hydrogen) atoms. The number of methoxy groups -OCH3 is 1. The normalized spacial score (nSPS) is 11.7. The van der Waals surface area contributed by atoms with Crippen LogP contribution in [0.4, 0.5) is 20.6 Å². The van der Waals surface area contributed by atoms with E-state index in [9.17, 15) is 19.3 Å². The Balaban J connectivity index is 3.31. The van der Waals surface area contributed by atoms with E-state index in [-0.39, 0.29) is 11.4 Å². The van der Waals surface area contributed by atoms with E-state index in [1.807, 2.05) is 0 Å². The second-order valence-corrected chi connectivity index (χ2v) is 7.36. The number of anilines is 1. The van der Waals surface area contributed by atoms with E-state index in [2.05, 4.69) is 5.43 Å². The minimum atomic E-state index is -1.04. The molecule has 0 aromatic heterocycles. The molecule has 1 N–H and O–H groups in total. The molecule has 0 aliphatic rings. The van der Waals surface area contributed by atoms with Gasteiger partial charge in [0.2, 0.25) is 5.82 Å². The zero-order chi connectivity index (χ0) is 19.6. The number of benzene rings is 1. The highest BCUT2D eigenvalue weighted by Gasteiger charge is 2.32. The molecule has 9 heteroatoms. The number of carbonyl (C=O) groups excluding carboxylic acids is 1. The van der Waals surface area contributed by atoms with E-state index in [4.69, 9.17) is 9.47 Å². The van der Waals surface area contributed by atoms with E-state index >= 15 is 0 Å². The van der Waals surface area contributed by atoms with Crippen molar-refractivity contribution >= 4 is 17.5 Å². The second-order valence-electron chi connectivity index (χ2n) is 7.36. The lowest BCUT2D eigenvalue weighted by molar-refractivity contribution is -0.387. The van der Waals surface area contributed by atoms with Crippen molar-refractivity contribution in [1.82, 2.24) is 5.01 Å². The van der Waals surface area contributed by atoms with E-state index in [0.717, 1.165) is 17.1 Å². The topological polar surface area (TPSA) is 93.9 Å². The van der Waals surface area contributed by atoms with Crippen LogP contribution in [0, 0.1) is 15.9 Å². The Hall–Kier alpha value is -2.58. The number of halogens is 1. The molecule has 1 aromatic rings. The van der Waals surface area contributed by atoms with Crippen molar-refractivity contribution in [3.63, 3.8) is 0 Å². The molecular weight excluding hydrogens is 333 g/mol. The van der Waals surface area contributed by atoms with Gasteiger partial charge < -0.3 is 9.47 Å². The number of ether oxygens (including phenoxy) is 2. The van der Waals surface area contributed by atoms with Gasteiger partial charge in [-0.2, -0.15) is 4.39 Å². The number of rotatable bonds is 4. The summed E-state index contributed by atoms with van der Waals surface area (Å²) in [5.74, 6) is -1.02.